The molecule has 0 saturated heterocycles. The van der Waals surface area contributed by atoms with Crippen LogP contribution in [0.15, 0.2) is 6.07 Å². The molecule has 4 heteroatoms. The van der Waals surface area contributed by atoms with Crippen LogP contribution in [0.5, 0.6) is 5.75 Å². The van der Waals surface area contributed by atoms with E-state index in [2.05, 4.69) is 0 Å². The number of aromatic hydroxyl groups is 1. The molecule has 1 aromatic carbocycles. The summed E-state index contributed by atoms with van der Waals surface area (Å²) in [6.07, 6.45) is 0. The lowest BCUT2D eigenvalue weighted by molar-refractivity contribution is -0.138. The van der Waals surface area contributed by atoms with Crippen LogP contribution in [-0.4, -0.2) is 16.2 Å². The molecule has 0 spiro atoms. The zero-order valence-electron chi connectivity index (χ0n) is 8.84. The first-order chi connectivity index (χ1) is 6.86. The van der Waals surface area contributed by atoms with Crippen LogP contribution in [0.3, 0.4) is 0 Å². The van der Waals surface area contributed by atoms with Crippen LogP contribution in [-0.2, 0) is 4.79 Å². The summed E-state index contributed by atoms with van der Waals surface area (Å²) in [4.78, 5) is 10.8. The summed E-state index contributed by atoms with van der Waals surface area (Å²) in [5.74, 6) is -2.63. The predicted molar refractivity (Wildman–Crippen MR) is 53.6 cm³/mol. The lowest BCUT2D eigenvalue weighted by atomic mass is 9.93. The fourth-order valence-electron chi connectivity index (χ4n) is 1.54. The van der Waals surface area contributed by atoms with Crippen molar-refractivity contribution in [3.8, 4) is 5.75 Å². The third-order valence-corrected chi connectivity index (χ3v) is 2.54. The molecule has 1 unspecified atom stereocenters. The van der Waals surface area contributed by atoms with Gasteiger partial charge in [-0.2, -0.15) is 0 Å². The van der Waals surface area contributed by atoms with Crippen molar-refractivity contribution in [3.63, 3.8) is 0 Å². The quantitative estimate of drug-likeness (QED) is 0.791. The van der Waals surface area contributed by atoms with Gasteiger partial charge in [0, 0.05) is 5.56 Å². The summed E-state index contributed by atoms with van der Waals surface area (Å²) in [6, 6.07) is 1.20. The van der Waals surface area contributed by atoms with E-state index in [1.54, 1.807) is 0 Å². The van der Waals surface area contributed by atoms with Gasteiger partial charge in [-0.1, -0.05) is 0 Å². The number of phenols is 1. The van der Waals surface area contributed by atoms with Crippen LogP contribution < -0.4 is 0 Å². The van der Waals surface area contributed by atoms with Crippen LogP contribution in [0.1, 0.15) is 29.5 Å². The molecule has 82 valence electrons. The number of phenolic OH excluding ortho intramolecular Hbond substituents is 1. The molecule has 0 fully saturated rings. The molecular formula is C11H13FO3. The molecule has 0 bridgehead atoms. The Labute approximate surface area is 87.2 Å². The van der Waals surface area contributed by atoms with E-state index in [0.29, 0.717) is 5.56 Å². The number of carboxylic acid groups (broad SMARTS) is 1. The minimum Gasteiger partial charge on any atom is -0.507 e. The number of benzene rings is 1. The normalized spacial score (nSPS) is 12.5. The number of aliphatic carboxylic acids is 1. The lowest BCUT2D eigenvalue weighted by Gasteiger charge is -2.15. The number of hydrogen-bond acceptors (Lipinski definition) is 2. The topological polar surface area (TPSA) is 57.5 Å². The van der Waals surface area contributed by atoms with Crippen molar-refractivity contribution < 1.29 is 19.4 Å². The third kappa shape index (κ3) is 1.93. The zero-order chi connectivity index (χ0) is 11.7. The first-order valence-corrected chi connectivity index (χ1v) is 4.57. The molecule has 1 aromatic rings. The van der Waals surface area contributed by atoms with Crippen LogP contribution in [0.2, 0.25) is 0 Å². The van der Waals surface area contributed by atoms with Gasteiger partial charge in [-0.3, -0.25) is 4.79 Å². The summed E-state index contributed by atoms with van der Waals surface area (Å²) in [5, 5.41) is 18.5. The number of rotatable bonds is 2. The minimum atomic E-state index is -1.08. The van der Waals surface area contributed by atoms with Crippen LogP contribution >= 0.6 is 0 Å². The molecular weight excluding hydrogens is 199 g/mol. The van der Waals surface area contributed by atoms with Gasteiger partial charge >= 0.3 is 5.97 Å². The maximum atomic E-state index is 13.3. The first kappa shape index (κ1) is 11.5. The molecule has 2 N–H and O–H groups in total. The smallest absolute Gasteiger partial charge is 0.310 e. The van der Waals surface area contributed by atoms with E-state index >= 15 is 0 Å². The molecule has 1 rings (SSSR count). The van der Waals surface area contributed by atoms with E-state index in [0.717, 1.165) is 0 Å². The van der Waals surface area contributed by atoms with Crippen molar-refractivity contribution in [3.05, 3.63) is 28.6 Å². The highest BCUT2D eigenvalue weighted by Gasteiger charge is 2.23. The predicted octanol–water partition coefficient (Wildman–Crippen LogP) is 2.34. The van der Waals surface area contributed by atoms with Crippen LogP contribution in [0.25, 0.3) is 0 Å². The first-order valence-electron chi connectivity index (χ1n) is 4.57. The molecule has 0 radical (unpaired) electrons. The Hall–Kier alpha value is -1.58. The lowest BCUT2D eigenvalue weighted by Crippen LogP contribution is -2.10. The summed E-state index contributed by atoms with van der Waals surface area (Å²) < 4.78 is 13.3. The van der Waals surface area contributed by atoms with Gasteiger partial charge in [0.05, 0.1) is 5.92 Å². The molecule has 0 aliphatic rings. The Balaban J connectivity index is 3.45. The summed E-state index contributed by atoms with van der Waals surface area (Å²) >= 11 is 0. The molecule has 0 heterocycles. The molecule has 0 saturated carbocycles. The number of carboxylic acids is 1. The van der Waals surface area contributed by atoms with Crippen molar-refractivity contribution in [2.24, 2.45) is 0 Å². The van der Waals surface area contributed by atoms with E-state index in [9.17, 15) is 14.3 Å². The highest BCUT2D eigenvalue weighted by Crippen LogP contribution is 2.33. The molecule has 15 heavy (non-hydrogen) atoms. The maximum Gasteiger partial charge on any atom is 0.310 e. The van der Waals surface area contributed by atoms with Crippen molar-refractivity contribution in [1.82, 2.24) is 0 Å². The second kappa shape index (κ2) is 3.88. The highest BCUT2D eigenvalue weighted by molar-refractivity contribution is 5.77. The summed E-state index contributed by atoms with van der Waals surface area (Å²) in [7, 11) is 0. The van der Waals surface area contributed by atoms with Crippen molar-refractivity contribution in [1.29, 1.82) is 0 Å². The van der Waals surface area contributed by atoms with Gasteiger partial charge in [0.15, 0.2) is 0 Å². The van der Waals surface area contributed by atoms with E-state index in [4.69, 9.17) is 5.11 Å². The molecule has 1 atom stereocenters. The minimum absolute atomic E-state index is 0.135. The summed E-state index contributed by atoms with van der Waals surface area (Å²) in [6.45, 7) is 4.42. The average molecular weight is 212 g/mol. The zero-order valence-corrected chi connectivity index (χ0v) is 8.84. The van der Waals surface area contributed by atoms with Gasteiger partial charge < -0.3 is 10.2 Å². The van der Waals surface area contributed by atoms with Gasteiger partial charge in [0.2, 0.25) is 0 Å². The van der Waals surface area contributed by atoms with Gasteiger partial charge in [0.25, 0.3) is 0 Å². The Morgan fingerprint density at radius 1 is 1.47 bits per heavy atom. The Kier molecular flexibility index (Phi) is 2.98. The van der Waals surface area contributed by atoms with Crippen LogP contribution in [0.4, 0.5) is 4.39 Å². The molecule has 0 aliphatic heterocycles. The largest absolute Gasteiger partial charge is 0.507 e. The standard InChI is InChI=1S/C11H13FO3/c1-5-4-8(12)6(2)9(10(5)13)7(3)11(14)15/h4,7,13H,1-3H3,(H,14,15). The fourth-order valence-corrected chi connectivity index (χ4v) is 1.54. The van der Waals surface area contributed by atoms with Gasteiger partial charge in [-0.15, -0.1) is 0 Å². The number of hydrogen-bond donors (Lipinski definition) is 2. The van der Waals surface area contributed by atoms with E-state index in [1.807, 2.05) is 0 Å². The van der Waals surface area contributed by atoms with Crippen LogP contribution in [0, 0.1) is 19.7 Å². The van der Waals surface area contributed by atoms with Crippen molar-refractivity contribution in [2.45, 2.75) is 26.7 Å². The number of aryl methyl sites for hydroxylation is 1. The average Bonchev–Trinajstić information content (AvgIpc) is 2.15. The van der Waals surface area contributed by atoms with Gasteiger partial charge in [-0.25, -0.2) is 4.39 Å². The molecule has 3 nitrogen and oxygen atoms in total. The second-order valence-electron chi connectivity index (χ2n) is 3.62. The van der Waals surface area contributed by atoms with Gasteiger partial charge in [0.1, 0.15) is 11.6 Å². The number of carbonyl (C=O) groups is 1. The van der Waals surface area contributed by atoms with E-state index < -0.39 is 17.7 Å². The summed E-state index contributed by atoms with van der Waals surface area (Å²) in [5.41, 5.74) is 0.689. The SMILES string of the molecule is Cc1cc(F)c(C)c(C(C)C(=O)O)c1O. The monoisotopic (exact) mass is 212 g/mol. The Morgan fingerprint density at radius 3 is 2.47 bits per heavy atom. The van der Waals surface area contributed by atoms with E-state index in [1.165, 1.54) is 26.8 Å². The van der Waals surface area contributed by atoms with Crippen molar-refractivity contribution in [2.75, 3.05) is 0 Å². The highest BCUT2D eigenvalue weighted by atomic mass is 19.1. The second-order valence-corrected chi connectivity index (χ2v) is 3.62. The van der Waals surface area contributed by atoms with Crippen molar-refractivity contribution >= 4 is 5.97 Å². The molecule has 0 aliphatic carbocycles. The fraction of sp³-hybridized carbons (Fsp3) is 0.364. The van der Waals surface area contributed by atoms with Gasteiger partial charge in [-0.05, 0) is 38.0 Å². The van der Waals surface area contributed by atoms with E-state index in [-0.39, 0.29) is 16.9 Å². The third-order valence-electron chi connectivity index (χ3n) is 2.54. The molecule has 0 amide bonds. The Morgan fingerprint density at radius 2 is 2.00 bits per heavy atom. The number of halogens is 1. The maximum absolute atomic E-state index is 13.3. The Bertz CT molecular complexity index is 387. The molecule has 0 aromatic heterocycles.